The van der Waals surface area contributed by atoms with Gasteiger partial charge in [0, 0.05) is 26.3 Å². The summed E-state index contributed by atoms with van der Waals surface area (Å²) in [7, 11) is 1.55. The van der Waals surface area contributed by atoms with E-state index in [1.807, 2.05) is 0 Å². The molecule has 0 spiro atoms. The van der Waals surface area contributed by atoms with E-state index in [1.54, 1.807) is 7.11 Å². The molecule has 1 N–H and O–H groups in total. The molecule has 1 atom stereocenters. The zero-order chi connectivity index (χ0) is 21.7. The van der Waals surface area contributed by atoms with Crippen LogP contribution in [0.5, 0.6) is 0 Å². The highest BCUT2D eigenvalue weighted by molar-refractivity contribution is 6.22. The van der Waals surface area contributed by atoms with Crippen LogP contribution in [0.3, 0.4) is 0 Å². The molecule has 0 saturated heterocycles. The van der Waals surface area contributed by atoms with Crippen LogP contribution in [0.4, 0.5) is 0 Å². The van der Waals surface area contributed by atoms with Gasteiger partial charge >= 0.3 is 5.97 Å². The van der Waals surface area contributed by atoms with Crippen molar-refractivity contribution in [2.24, 2.45) is 0 Å². The SMILES string of the molecule is COCCCN1C(=O)c2ccc(C(=O)O[C@@H](C)C(=O)NC3CCCCC3)cc2C1=O. The molecule has 3 amide bonds. The van der Waals surface area contributed by atoms with Crippen LogP contribution in [0.15, 0.2) is 18.2 Å². The molecule has 1 aromatic carbocycles. The molecule has 0 bridgehead atoms. The molecule has 1 saturated carbocycles. The summed E-state index contributed by atoms with van der Waals surface area (Å²) >= 11 is 0. The molecule has 0 unspecified atom stereocenters. The average Bonchev–Trinajstić information content (AvgIpc) is 2.98. The second-order valence-electron chi connectivity index (χ2n) is 7.76. The lowest BCUT2D eigenvalue weighted by Crippen LogP contribution is -2.42. The molecule has 0 aromatic heterocycles. The van der Waals surface area contributed by atoms with Gasteiger partial charge < -0.3 is 14.8 Å². The van der Waals surface area contributed by atoms with E-state index in [0.717, 1.165) is 30.6 Å². The zero-order valence-corrected chi connectivity index (χ0v) is 17.4. The molecule has 1 aliphatic carbocycles. The third-order valence-electron chi connectivity index (χ3n) is 5.54. The van der Waals surface area contributed by atoms with Crippen LogP contribution >= 0.6 is 0 Å². The molecule has 8 heteroatoms. The van der Waals surface area contributed by atoms with Crippen LogP contribution in [-0.2, 0) is 14.3 Å². The van der Waals surface area contributed by atoms with Gasteiger partial charge in [0.2, 0.25) is 0 Å². The number of hydrogen-bond acceptors (Lipinski definition) is 6. The predicted octanol–water partition coefficient (Wildman–Crippen LogP) is 2.31. The molecule has 3 rings (SSSR count). The first-order valence-electron chi connectivity index (χ1n) is 10.4. The van der Waals surface area contributed by atoms with Crippen LogP contribution < -0.4 is 5.32 Å². The highest BCUT2D eigenvalue weighted by atomic mass is 16.5. The monoisotopic (exact) mass is 416 g/mol. The summed E-state index contributed by atoms with van der Waals surface area (Å²) in [5.41, 5.74) is 0.564. The minimum Gasteiger partial charge on any atom is -0.449 e. The Kier molecular flexibility index (Phi) is 7.20. The molecular weight excluding hydrogens is 388 g/mol. The molecule has 162 valence electrons. The Balaban J connectivity index is 1.62. The van der Waals surface area contributed by atoms with Gasteiger partial charge in [-0.3, -0.25) is 19.3 Å². The summed E-state index contributed by atoms with van der Waals surface area (Å²) in [5, 5.41) is 2.93. The maximum absolute atomic E-state index is 12.6. The van der Waals surface area contributed by atoms with E-state index in [0.29, 0.717) is 13.0 Å². The van der Waals surface area contributed by atoms with Gasteiger partial charge in [-0.05, 0) is 44.4 Å². The number of nitrogens with zero attached hydrogens (tertiary/aromatic N) is 1. The van der Waals surface area contributed by atoms with Crippen LogP contribution in [0.2, 0.25) is 0 Å². The van der Waals surface area contributed by atoms with Gasteiger partial charge in [0.1, 0.15) is 0 Å². The number of carbonyl (C=O) groups excluding carboxylic acids is 4. The Bertz CT molecular complexity index is 831. The van der Waals surface area contributed by atoms with E-state index in [9.17, 15) is 19.2 Å². The Labute approximate surface area is 175 Å². The van der Waals surface area contributed by atoms with Gasteiger partial charge in [-0.2, -0.15) is 0 Å². The number of benzene rings is 1. The second kappa shape index (κ2) is 9.84. The minimum atomic E-state index is -0.949. The van der Waals surface area contributed by atoms with Crippen molar-refractivity contribution in [1.29, 1.82) is 0 Å². The lowest BCUT2D eigenvalue weighted by Gasteiger charge is -2.24. The van der Waals surface area contributed by atoms with Crippen LogP contribution in [0.1, 0.15) is 76.5 Å². The van der Waals surface area contributed by atoms with Gasteiger partial charge in [-0.1, -0.05) is 19.3 Å². The van der Waals surface area contributed by atoms with Gasteiger partial charge in [0.05, 0.1) is 16.7 Å². The number of esters is 1. The number of imide groups is 1. The number of fused-ring (bicyclic) bond motifs is 1. The standard InChI is InChI=1S/C22H28N2O6/c1-14(19(25)23-16-7-4-3-5-8-16)30-22(28)15-9-10-17-18(13-15)21(27)24(20(17)26)11-6-12-29-2/h9-10,13-14,16H,3-8,11-12H2,1-2H3,(H,23,25)/t14-/m0/s1. The predicted molar refractivity (Wildman–Crippen MR) is 108 cm³/mol. The maximum atomic E-state index is 12.6. The fraction of sp³-hybridized carbons (Fsp3) is 0.545. The smallest absolute Gasteiger partial charge is 0.338 e. The number of methoxy groups -OCH3 is 1. The van der Waals surface area contributed by atoms with Crippen molar-refractivity contribution in [2.45, 2.75) is 57.6 Å². The van der Waals surface area contributed by atoms with Gasteiger partial charge in [-0.25, -0.2) is 4.79 Å². The molecule has 1 aliphatic heterocycles. The van der Waals surface area contributed by atoms with Crippen molar-refractivity contribution in [1.82, 2.24) is 10.2 Å². The Morgan fingerprint density at radius 3 is 2.53 bits per heavy atom. The van der Waals surface area contributed by atoms with E-state index in [-0.39, 0.29) is 41.1 Å². The summed E-state index contributed by atoms with van der Waals surface area (Å²) in [6, 6.07) is 4.38. The van der Waals surface area contributed by atoms with Crippen molar-refractivity contribution < 1.29 is 28.7 Å². The molecule has 1 aromatic rings. The van der Waals surface area contributed by atoms with E-state index in [4.69, 9.17) is 9.47 Å². The first-order valence-corrected chi connectivity index (χ1v) is 10.4. The first kappa shape index (κ1) is 22.0. The van der Waals surface area contributed by atoms with Gasteiger partial charge in [-0.15, -0.1) is 0 Å². The van der Waals surface area contributed by atoms with Crippen LogP contribution in [-0.4, -0.2) is 61.0 Å². The largest absolute Gasteiger partial charge is 0.449 e. The normalized spacial score (nSPS) is 17.6. The highest BCUT2D eigenvalue weighted by Crippen LogP contribution is 2.25. The quantitative estimate of drug-likeness (QED) is 0.396. The average molecular weight is 416 g/mol. The van der Waals surface area contributed by atoms with Crippen molar-refractivity contribution in [2.75, 3.05) is 20.3 Å². The Morgan fingerprint density at radius 2 is 1.83 bits per heavy atom. The number of ether oxygens (including phenoxy) is 2. The lowest BCUT2D eigenvalue weighted by atomic mass is 9.95. The highest BCUT2D eigenvalue weighted by Gasteiger charge is 2.36. The van der Waals surface area contributed by atoms with Crippen molar-refractivity contribution in [3.8, 4) is 0 Å². The molecule has 0 radical (unpaired) electrons. The van der Waals surface area contributed by atoms with Gasteiger partial charge in [0.15, 0.2) is 6.10 Å². The van der Waals surface area contributed by atoms with E-state index in [2.05, 4.69) is 5.32 Å². The number of amides is 3. The zero-order valence-electron chi connectivity index (χ0n) is 17.4. The lowest BCUT2D eigenvalue weighted by molar-refractivity contribution is -0.130. The fourth-order valence-corrected chi connectivity index (χ4v) is 3.84. The third-order valence-corrected chi connectivity index (χ3v) is 5.54. The maximum Gasteiger partial charge on any atom is 0.338 e. The second-order valence-corrected chi connectivity index (χ2v) is 7.76. The van der Waals surface area contributed by atoms with Crippen LogP contribution in [0, 0.1) is 0 Å². The molecule has 1 heterocycles. The van der Waals surface area contributed by atoms with Crippen molar-refractivity contribution in [3.63, 3.8) is 0 Å². The number of carbonyl (C=O) groups is 4. The van der Waals surface area contributed by atoms with E-state index < -0.39 is 18.0 Å². The molecule has 1 fully saturated rings. The summed E-state index contributed by atoms with van der Waals surface area (Å²) in [6.07, 6.45) is 4.82. The van der Waals surface area contributed by atoms with Crippen molar-refractivity contribution >= 4 is 23.7 Å². The van der Waals surface area contributed by atoms with Crippen LogP contribution in [0.25, 0.3) is 0 Å². The summed E-state index contributed by atoms with van der Waals surface area (Å²) in [4.78, 5) is 51.0. The topological polar surface area (TPSA) is 102 Å². The Hall–Kier alpha value is -2.74. The fourth-order valence-electron chi connectivity index (χ4n) is 3.84. The molecule has 8 nitrogen and oxygen atoms in total. The number of hydrogen-bond donors (Lipinski definition) is 1. The summed E-state index contributed by atoms with van der Waals surface area (Å²) < 4.78 is 10.3. The third kappa shape index (κ3) is 4.87. The van der Waals surface area contributed by atoms with Gasteiger partial charge in [0.25, 0.3) is 17.7 Å². The summed E-state index contributed by atoms with van der Waals surface area (Å²) in [5.74, 6) is -1.86. The Morgan fingerprint density at radius 1 is 1.13 bits per heavy atom. The number of rotatable bonds is 8. The first-order chi connectivity index (χ1) is 14.4. The van der Waals surface area contributed by atoms with E-state index in [1.165, 1.54) is 31.5 Å². The molecule has 30 heavy (non-hydrogen) atoms. The van der Waals surface area contributed by atoms with Crippen molar-refractivity contribution in [3.05, 3.63) is 34.9 Å². The minimum absolute atomic E-state index is 0.125. The van der Waals surface area contributed by atoms with E-state index >= 15 is 0 Å². The molecular formula is C22H28N2O6. The number of nitrogens with one attached hydrogen (secondary N) is 1. The summed E-state index contributed by atoms with van der Waals surface area (Å²) in [6.45, 7) is 2.21. The molecule has 2 aliphatic rings.